The lowest BCUT2D eigenvalue weighted by Gasteiger charge is -2.32. The molecule has 1 fully saturated rings. The lowest BCUT2D eigenvalue weighted by Crippen LogP contribution is -2.51. The van der Waals surface area contributed by atoms with Crippen molar-refractivity contribution in [3.8, 4) is 0 Å². The maximum atomic E-state index is 12.9. The van der Waals surface area contributed by atoms with Crippen molar-refractivity contribution in [2.75, 3.05) is 7.05 Å². The van der Waals surface area contributed by atoms with E-state index in [1.165, 1.54) is 14.0 Å². The summed E-state index contributed by atoms with van der Waals surface area (Å²) in [6.07, 6.45) is 3.95. The zero-order chi connectivity index (χ0) is 17.1. The second-order valence-electron chi connectivity index (χ2n) is 6.48. The summed E-state index contributed by atoms with van der Waals surface area (Å²) in [6.45, 7) is 4.77. The molecule has 0 aromatic rings. The van der Waals surface area contributed by atoms with Gasteiger partial charge in [0, 0.05) is 7.05 Å². The van der Waals surface area contributed by atoms with Crippen LogP contribution in [0.15, 0.2) is 0 Å². The molecular weight excluding hydrogens is 306 g/mol. The van der Waals surface area contributed by atoms with E-state index < -0.39 is 38.3 Å². The molecule has 1 aliphatic carbocycles. The average molecular weight is 333 g/mol. The van der Waals surface area contributed by atoms with E-state index in [9.17, 15) is 18.0 Å². The molecule has 0 bridgehead atoms. The Kier molecular flexibility index (Phi) is 6.40. The summed E-state index contributed by atoms with van der Waals surface area (Å²) in [7, 11) is -2.26. The number of likely N-dealkylation sites (N-methyl/N-ethyl adjacent to an activating group) is 1. The molecule has 22 heavy (non-hydrogen) atoms. The molecule has 1 rings (SSSR count). The first-order chi connectivity index (χ1) is 10.1. The normalized spacial score (nSPS) is 19.7. The molecule has 0 aromatic carbocycles. The Hall–Kier alpha value is -1.11. The predicted octanol–water partition coefficient (Wildman–Crippen LogP) is 1.69. The molecule has 1 amide bonds. The Morgan fingerprint density at radius 1 is 1.09 bits per heavy atom. The smallest absolute Gasteiger partial charge is 0.326 e. The van der Waals surface area contributed by atoms with Gasteiger partial charge in [-0.05, 0) is 25.7 Å². The highest BCUT2D eigenvalue weighted by Crippen LogP contribution is 2.29. The van der Waals surface area contributed by atoms with Gasteiger partial charge in [-0.1, -0.05) is 33.1 Å². The SMILES string of the molecule is CC(C)C(C(=O)N(C)C(C)C(=O)O)S(=O)(=O)C1CCCCC1. The highest BCUT2D eigenvalue weighted by Gasteiger charge is 2.43. The minimum Gasteiger partial charge on any atom is -0.480 e. The monoisotopic (exact) mass is 333 g/mol. The van der Waals surface area contributed by atoms with Gasteiger partial charge in [0.2, 0.25) is 5.91 Å². The third-order valence-corrected chi connectivity index (χ3v) is 7.36. The van der Waals surface area contributed by atoms with Crippen LogP contribution in [-0.2, 0) is 19.4 Å². The van der Waals surface area contributed by atoms with Crippen molar-refractivity contribution in [2.45, 2.75) is 69.4 Å². The van der Waals surface area contributed by atoms with Gasteiger partial charge >= 0.3 is 5.97 Å². The van der Waals surface area contributed by atoms with E-state index >= 15 is 0 Å². The third-order valence-electron chi connectivity index (χ3n) is 4.51. The topological polar surface area (TPSA) is 91.8 Å². The minimum absolute atomic E-state index is 0.386. The van der Waals surface area contributed by atoms with Crippen LogP contribution < -0.4 is 0 Å². The Morgan fingerprint density at radius 3 is 2.00 bits per heavy atom. The summed E-state index contributed by atoms with van der Waals surface area (Å²) in [4.78, 5) is 24.7. The molecule has 128 valence electrons. The second-order valence-corrected chi connectivity index (χ2v) is 8.83. The molecular formula is C15H27NO5S. The van der Waals surface area contributed by atoms with Gasteiger partial charge in [-0.15, -0.1) is 0 Å². The maximum absolute atomic E-state index is 12.9. The first kappa shape index (κ1) is 18.9. The quantitative estimate of drug-likeness (QED) is 0.798. The van der Waals surface area contributed by atoms with Gasteiger partial charge in [-0.3, -0.25) is 4.79 Å². The van der Waals surface area contributed by atoms with Gasteiger partial charge in [0.25, 0.3) is 0 Å². The van der Waals surface area contributed by atoms with Crippen LogP contribution in [0, 0.1) is 5.92 Å². The summed E-state index contributed by atoms with van der Waals surface area (Å²) in [6, 6.07) is -1.05. The van der Waals surface area contributed by atoms with Crippen LogP contribution in [0.25, 0.3) is 0 Å². The number of carbonyl (C=O) groups excluding carboxylic acids is 1. The fraction of sp³-hybridized carbons (Fsp3) is 0.867. The maximum Gasteiger partial charge on any atom is 0.326 e. The van der Waals surface area contributed by atoms with Crippen molar-refractivity contribution >= 4 is 21.7 Å². The molecule has 6 nitrogen and oxygen atoms in total. The fourth-order valence-electron chi connectivity index (χ4n) is 2.96. The van der Waals surface area contributed by atoms with E-state index in [1.54, 1.807) is 13.8 Å². The van der Waals surface area contributed by atoms with Gasteiger partial charge < -0.3 is 10.0 Å². The van der Waals surface area contributed by atoms with Crippen LogP contribution in [0.4, 0.5) is 0 Å². The second kappa shape index (κ2) is 7.44. The van der Waals surface area contributed by atoms with E-state index in [2.05, 4.69) is 0 Å². The van der Waals surface area contributed by atoms with Crippen LogP contribution in [0.5, 0.6) is 0 Å². The molecule has 0 saturated heterocycles. The zero-order valence-corrected chi connectivity index (χ0v) is 14.6. The van der Waals surface area contributed by atoms with E-state index in [4.69, 9.17) is 5.11 Å². The number of carboxylic acids is 1. The van der Waals surface area contributed by atoms with Crippen molar-refractivity contribution < 1.29 is 23.1 Å². The number of nitrogens with zero attached hydrogens (tertiary/aromatic N) is 1. The molecule has 7 heteroatoms. The first-order valence-electron chi connectivity index (χ1n) is 7.82. The average Bonchev–Trinajstić information content (AvgIpc) is 2.45. The summed E-state index contributed by atoms with van der Waals surface area (Å²) < 4.78 is 25.7. The Morgan fingerprint density at radius 2 is 1.59 bits per heavy atom. The molecule has 0 heterocycles. The van der Waals surface area contributed by atoms with Crippen molar-refractivity contribution in [3.05, 3.63) is 0 Å². The van der Waals surface area contributed by atoms with Crippen molar-refractivity contribution in [2.24, 2.45) is 5.92 Å². The van der Waals surface area contributed by atoms with Crippen LogP contribution in [0.1, 0.15) is 52.9 Å². The van der Waals surface area contributed by atoms with Crippen molar-refractivity contribution in [3.63, 3.8) is 0 Å². The molecule has 1 N–H and O–H groups in total. The van der Waals surface area contributed by atoms with Crippen LogP contribution in [-0.4, -0.2) is 53.9 Å². The molecule has 0 radical (unpaired) electrons. The summed E-state index contributed by atoms with van der Waals surface area (Å²) in [5, 5.41) is 7.38. The first-order valence-corrected chi connectivity index (χ1v) is 9.43. The number of amides is 1. The Balaban J connectivity index is 3.06. The molecule has 1 saturated carbocycles. The van der Waals surface area contributed by atoms with E-state index in [1.807, 2.05) is 0 Å². The lowest BCUT2D eigenvalue weighted by molar-refractivity contribution is -0.148. The van der Waals surface area contributed by atoms with E-state index in [-0.39, 0.29) is 5.92 Å². The van der Waals surface area contributed by atoms with Gasteiger partial charge in [0.05, 0.1) is 5.25 Å². The number of sulfone groups is 1. The number of aliphatic carboxylic acids is 1. The Labute approximate surface area is 132 Å². The summed E-state index contributed by atoms with van der Waals surface area (Å²) >= 11 is 0. The summed E-state index contributed by atoms with van der Waals surface area (Å²) in [5.41, 5.74) is 0. The molecule has 0 aromatic heterocycles. The van der Waals surface area contributed by atoms with Crippen molar-refractivity contribution in [1.29, 1.82) is 0 Å². The molecule has 2 atom stereocenters. The lowest BCUT2D eigenvalue weighted by atomic mass is 10.0. The van der Waals surface area contributed by atoms with Crippen molar-refractivity contribution in [1.82, 2.24) is 4.90 Å². The van der Waals surface area contributed by atoms with Gasteiger partial charge in [0.15, 0.2) is 9.84 Å². The molecule has 0 spiro atoms. The van der Waals surface area contributed by atoms with Gasteiger partial charge in [-0.2, -0.15) is 0 Å². The number of rotatable bonds is 6. The van der Waals surface area contributed by atoms with Gasteiger partial charge in [0.1, 0.15) is 11.3 Å². The van der Waals surface area contributed by atoms with Gasteiger partial charge in [-0.25, -0.2) is 13.2 Å². The largest absolute Gasteiger partial charge is 0.480 e. The third kappa shape index (κ3) is 4.00. The molecule has 0 aliphatic heterocycles. The number of hydrogen-bond donors (Lipinski definition) is 1. The van der Waals surface area contributed by atoms with Crippen LogP contribution >= 0.6 is 0 Å². The highest BCUT2D eigenvalue weighted by atomic mass is 32.2. The number of hydrogen-bond acceptors (Lipinski definition) is 4. The number of carboxylic acid groups (broad SMARTS) is 1. The molecule has 1 aliphatic rings. The summed E-state index contributed by atoms with van der Waals surface area (Å²) in [5.74, 6) is -2.15. The van der Waals surface area contributed by atoms with Crippen LogP contribution in [0.3, 0.4) is 0 Å². The van der Waals surface area contributed by atoms with E-state index in [0.29, 0.717) is 12.8 Å². The number of carbonyl (C=O) groups is 2. The minimum atomic E-state index is -3.61. The zero-order valence-electron chi connectivity index (χ0n) is 13.8. The van der Waals surface area contributed by atoms with Crippen LogP contribution in [0.2, 0.25) is 0 Å². The predicted molar refractivity (Wildman–Crippen MR) is 84.3 cm³/mol. The standard InChI is InChI=1S/C15H27NO5S/c1-10(2)13(14(17)16(4)11(3)15(18)19)22(20,21)12-8-6-5-7-9-12/h10-13H,5-9H2,1-4H3,(H,18,19). The fourth-order valence-corrected chi connectivity index (χ4v) is 5.57. The Bertz CT molecular complexity index is 508. The molecule has 2 unspecified atom stereocenters. The van der Waals surface area contributed by atoms with E-state index in [0.717, 1.165) is 24.2 Å². The highest BCUT2D eigenvalue weighted by molar-refractivity contribution is 7.93.